The number of hydrogen-bond donors (Lipinski definition) is 0. The third kappa shape index (κ3) is 5.62. The molecule has 0 aliphatic rings. The molecule has 9 aromatic rings. The van der Waals surface area contributed by atoms with Crippen LogP contribution in [0.2, 0.25) is 0 Å². The number of aromatic nitrogens is 6. The molecule has 9 rings (SSSR count). The minimum absolute atomic E-state index is 0.606. The van der Waals surface area contributed by atoms with Gasteiger partial charge in [0.15, 0.2) is 23.3 Å². The number of thiophene rings is 1. The second-order valence-corrected chi connectivity index (χ2v) is 12.7. The van der Waals surface area contributed by atoms with Crippen LogP contribution in [0, 0.1) is 0 Å². The van der Waals surface area contributed by atoms with Gasteiger partial charge in [0.25, 0.3) is 0 Å². The van der Waals surface area contributed by atoms with Gasteiger partial charge in [-0.15, -0.1) is 11.3 Å². The Kier molecular flexibility index (Phi) is 7.22. The average Bonchev–Trinajstić information content (AvgIpc) is 3.56. The first kappa shape index (κ1) is 28.8. The quantitative estimate of drug-likeness (QED) is 0.179. The SMILES string of the molecule is c1ccc(-c2cccc(-c3cnc4sc5cnc(-c6ccc(-c7nc(-c8ccccc8)nc(-c8ccccc8)n7)cc6)nc5c4c3)c2)cc1. The van der Waals surface area contributed by atoms with Crippen LogP contribution in [0.15, 0.2) is 158 Å². The molecule has 0 fully saturated rings. The molecule has 0 spiro atoms. The summed E-state index contributed by atoms with van der Waals surface area (Å²) in [6.45, 7) is 0. The Bertz CT molecular complexity index is 2530. The van der Waals surface area contributed by atoms with E-state index in [1.54, 1.807) is 11.3 Å². The van der Waals surface area contributed by atoms with Crippen molar-refractivity contribution >= 4 is 31.8 Å². The summed E-state index contributed by atoms with van der Waals surface area (Å²) in [6.07, 6.45) is 3.85. The second-order valence-electron chi connectivity index (χ2n) is 11.6. The highest BCUT2D eigenvalue weighted by molar-refractivity contribution is 7.25. The first-order valence-electron chi connectivity index (χ1n) is 15.9. The third-order valence-electron chi connectivity index (χ3n) is 8.47. The maximum absolute atomic E-state index is 5.06. The van der Waals surface area contributed by atoms with Gasteiger partial charge in [0.05, 0.1) is 10.2 Å². The number of nitrogens with zero attached hydrogens (tertiary/aromatic N) is 6. The van der Waals surface area contributed by atoms with Gasteiger partial charge in [-0.25, -0.2) is 29.9 Å². The van der Waals surface area contributed by atoms with Crippen LogP contribution in [0.4, 0.5) is 0 Å². The van der Waals surface area contributed by atoms with Crippen molar-refractivity contribution in [1.82, 2.24) is 29.9 Å². The maximum atomic E-state index is 5.06. The van der Waals surface area contributed by atoms with Crippen LogP contribution >= 0.6 is 11.3 Å². The summed E-state index contributed by atoms with van der Waals surface area (Å²) in [5, 5.41) is 1.02. The van der Waals surface area contributed by atoms with Crippen LogP contribution in [0.25, 0.3) is 88.2 Å². The number of hydrogen-bond acceptors (Lipinski definition) is 7. The van der Waals surface area contributed by atoms with Crippen molar-refractivity contribution in [2.75, 3.05) is 0 Å². The lowest BCUT2D eigenvalue weighted by Crippen LogP contribution is -2.00. The van der Waals surface area contributed by atoms with Crippen molar-refractivity contribution in [2.45, 2.75) is 0 Å². The molecule has 0 atom stereocenters. The van der Waals surface area contributed by atoms with E-state index in [1.165, 1.54) is 11.1 Å². The van der Waals surface area contributed by atoms with Crippen LogP contribution < -0.4 is 0 Å². The molecule has 0 bridgehead atoms. The highest BCUT2D eigenvalue weighted by Gasteiger charge is 2.15. The molecule has 0 unspecified atom stereocenters. The molecule has 0 N–H and O–H groups in total. The van der Waals surface area contributed by atoms with Gasteiger partial charge < -0.3 is 0 Å². The Hall–Kier alpha value is -6.44. The lowest BCUT2D eigenvalue weighted by atomic mass is 9.99. The molecule has 0 saturated heterocycles. The molecule has 6 nitrogen and oxygen atoms in total. The van der Waals surface area contributed by atoms with Crippen molar-refractivity contribution in [1.29, 1.82) is 0 Å². The molecule has 230 valence electrons. The van der Waals surface area contributed by atoms with E-state index in [0.29, 0.717) is 23.3 Å². The monoisotopic (exact) mass is 646 g/mol. The van der Waals surface area contributed by atoms with Crippen LogP contribution in [-0.2, 0) is 0 Å². The molecule has 5 aromatic carbocycles. The van der Waals surface area contributed by atoms with Crippen molar-refractivity contribution in [3.8, 4) is 67.8 Å². The molecule has 4 heterocycles. The van der Waals surface area contributed by atoms with Crippen LogP contribution in [-0.4, -0.2) is 29.9 Å². The average molecular weight is 647 g/mol. The molecule has 0 radical (unpaired) electrons. The van der Waals surface area contributed by atoms with E-state index in [-0.39, 0.29) is 0 Å². The standard InChI is InChI=1S/C42H26N6S/c1-4-11-27(12-5-1)32-17-10-18-33(23-32)34-24-35-37-36(49-42(35)44-25-34)26-43-38(45-37)30-19-21-31(22-20-30)41-47-39(28-13-6-2-7-14-28)46-40(48-41)29-15-8-3-9-16-29/h1-26H. The topological polar surface area (TPSA) is 77.3 Å². The zero-order valence-corrected chi connectivity index (χ0v) is 26.9. The maximum Gasteiger partial charge on any atom is 0.164 e. The first-order chi connectivity index (χ1) is 24.2. The smallest absolute Gasteiger partial charge is 0.164 e. The highest BCUT2D eigenvalue weighted by atomic mass is 32.1. The molecule has 0 aliphatic heterocycles. The third-order valence-corrected chi connectivity index (χ3v) is 9.51. The fraction of sp³-hybridized carbons (Fsp3) is 0. The summed E-state index contributed by atoms with van der Waals surface area (Å²) in [5.74, 6) is 2.52. The molecule has 49 heavy (non-hydrogen) atoms. The summed E-state index contributed by atoms with van der Waals surface area (Å²) in [5.41, 5.74) is 9.09. The fourth-order valence-corrected chi connectivity index (χ4v) is 6.89. The number of rotatable bonds is 6. The van der Waals surface area contributed by atoms with Gasteiger partial charge in [-0.1, -0.05) is 133 Å². The highest BCUT2D eigenvalue weighted by Crippen LogP contribution is 2.36. The Labute approximate surface area is 286 Å². The van der Waals surface area contributed by atoms with Gasteiger partial charge in [-0.3, -0.25) is 0 Å². The summed E-state index contributed by atoms with van der Waals surface area (Å²) in [4.78, 5) is 30.1. The van der Waals surface area contributed by atoms with E-state index in [2.05, 4.69) is 54.6 Å². The summed E-state index contributed by atoms with van der Waals surface area (Å²) in [6, 6.07) is 49.3. The largest absolute Gasteiger partial charge is 0.245 e. The predicted molar refractivity (Wildman–Crippen MR) is 199 cm³/mol. The normalized spacial score (nSPS) is 11.3. The van der Waals surface area contributed by atoms with E-state index in [0.717, 1.165) is 53.8 Å². The Morgan fingerprint density at radius 2 is 0.837 bits per heavy atom. The lowest BCUT2D eigenvalue weighted by molar-refractivity contribution is 1.07. The van der Waals surface area contributed by atoms with Crippen molar-refractivity contribution < 1.29 is 0 Å². The molecule has 4 aromatic heterocycles. The van der Waals surface area contributed by atoms with E-state index >= 15 is 0 Å². The van der Waals surface area contributed by atoms with Crippen LogP contribution in [0.1, 0.15) is 0 Å². The summed E-state index contributed by atoms with van der Waals surface area (Å²) in [7, 11) is 0. The van der Waals surface area contributed by atoms with Gasteiger partial charge >= 0.3 is 0 Å². The van der Waals surface area contributed by atoms with Gasteiger partial charge in [-0.05, 0) is 28.8 Å². The van der Waals surface area contributed by atoms with Gasteiger partial charge in [-0.2, -0.15) is 0 Å². The lowest BCUT2D eigenvalue weighted by Gasteiger charge is -2.09. The number of pyridine rings is 1. The predicted octanol–water partition coefficient (Wildman–Crippen LogP) is 10.4. The minimum atomic E-state index is 0.606. The van der Waals surface area contributed by atoms with E-state index < -0.39 is 0 Å². The molecule has 0 aliphatic carbocycles. The van der Waals surface area contributed by atoms with Gasteiger partial charge in [0, 0.05) is 45.6 Å². The van der Waals surface area contributed by atoms with Crippen molar-refractivity contribution in [2.24, 2.45) is 0 Å². The molecule has 0 saturated carbocycles. The minimum Gasteiger partial charge on any atom is -0.245 e. The van der Waals surface area contributed by atoms with E-state index in [1.807, 2.05) is 103 Å². The zero-order chi connectivity index (χ0) is 32.6. The number of fused-ring (bicyclic) bond motifs is 3. The van der Waals surface area contributed by atoms with Gasteiger partial charge in [0.1, 0.15) is 4.83 Å². The van der Waals surface area contributed by atoms with Crippen molar-refractivity contribution in [3.05, 3.63) is 158 Å². The van der Waals surface area contributed by atoms with Crippen LogP contribution in [0.3, 0.4) is 0 Å². The Morgan fingerprint density at radius 3 is 1.43 bits per heavy atom. The Morgan fingerprint density at radius 1 is 0.347 bits per heavy atom. The van der Waals surface area contributed by atoms with Gasteiger partial charge in [0.2, 0.25) is 0 Å². The first-order valence-corrected chi connectivity index (χ1v) is 16.8. The molecule has 0 amide bonds. The summed E-state index contributed by atoms with van der Waals surface area (Å²) < 4.78 is 1.00. The molecular weight excluding hydrogens is 621 g/mol. The van der Waals surface area contributed by atoms with E-state index in [9.17, 15) is 0 Å². The van der Waals surface area contributed by atoms with Crippen molar-refractivity contribution in [3.63, 3.8) is 0 Å². The van der Waals surface area contributed by atoms with E-state index in [4.69, 9.17) is 29.9 Å². The van der Waals surface area contributed by atoms with Crippen LogP contribution in [0.5, 0.6) is 0 Å². The Balaban J connectivity index is 1.07. The fourth-order valence-electron chi connectivity index (χ4n) is 5.96. The number of benzene rings is 5. The summed E-state index contributed by atoms with van der Waals surface area (Å²) >= 11 is 1.61. The molecule has 7 heteroatoms. The second kappa shape index (κ2) is 12.3. The molecular formula is C42H26N6S. The zero-order valence-electron chi connectivity index (χ0n) is 26.1.